The van der Waals surface area contributed by atoms with Crippen molar-refractivity contribution in [3.8, 4) is 5.75 Å². The normalized spacial score (nSPS) is 10.2. The van der Waals surface area contributed by atoms with Crippen LogP contribution in [0.4, 0.5) is 11.4 Å². The number of nitrogen functional groups attached to an aromatic ring is 1. The molecule has 16 heavy (non-hydrogen) atoms. The van der Waals surface area contributed by atoms with E-state index in [2.05, 4.69) is 5.32 Å². The van der Waals surface area contributed by atoms with Gasteiger partial charge in [-0.1, -0.05) is 0 Å². The van der Waals surface area contributed by atoms with Crippen molar-refractivity contribution >= 4 is 17.3 Å². The van der Waals surface area contributed by atoms with Crippen LogP contribution in [0, 0.1) is 0 Å². The maximum absolute atomic E-state index is 10.4. The van der Waals surface area contributed by atoms with Crippen LogP contribution in [0.5, 0.6) is 5.75 Å². The zero-order valence-corrected chi connectivity index (χ0v) is 9.36. The number of hydrogen-bond donors (Lipinski definition) is 3. The van der Waals surface area contributed by atoms with Gasteiger partial charge in [-0.25, -0.2) is 0 Å². The monoisotopic (exact) mass is 224 g/mol. The minimum atomic E-state index is -0.922. The summed E-state index contributed by atoms with van der Waals surface area (Å²) in [7, 11) is 0. The minimum absolute atomic E-state index is 0.0501. The molecule has 1 aromatic rings. The van der Waals surface area contributed by atoms with Gasteiger partial charge in [0.2, 0.25) is 0 Å². The summed E-state index contributed by atoms with van der Waals surface area (Å²) in [5, 5.41) is 11.3. The summed E-state index contributed by atoms with van der Waals surface area (Å²) in [6, 6.07) is 5.08. The van der Waals surface area contributed by atoms with Crippen LogP contribution >= 0.6 is 0 Å². The molecule has 1 aromatic carbocycles. The molecule has 0 saturated carbocycles. The summed E-state index contributed by atoms with van der Waals surface area (Å²) in [5.74, 6) is -0.295. The average molecular weight is 224 g/mol. The third-order valence-electron chi connectivity index (χ3n) is 1.74. The van der Waals surface area contributed by atoms with Crippen molar-refractivity contribution < 1.29 is 14.6 Å². The van der Waals surface area contributed by atoms with Gasteiger partial charge in [0.15, 0.2) is 0 Å². The number of carboxylic acids is 1. The number of nitrogens with two attached hydrogens (primary N) is 1. The largest absolute Gasteiger partial charge is 0.491 e. The summed E-state index contributed by atoms with van der Waals surface area (Å²) in [6.07, 6.45) is 0.0501. The first-order chi connectivity index (χ1) is 7.47. The van der Waals surface area contributed by atoms with E-state index < -0.39 is 5.97 Å². The molecule has 0 spiro atoms. The molecule has 0 amide bonds. The fraction of sp³-hybridized carbons (Fsp3) is 0.364. The van der Waals surface area contributed by atoms with Gasteiger partial charge in [-0.15, -0.1) is 0 Å². The molecule has 0 bridgehead atoms. The predicted molar refractivity (Wildman–Crippen MR) is 62.7 cm³/mol. The number of carbonyl (C=O) groups is 1. The van der Waals surface area contributed by atoms with E-state index in [-0.39, 0.29) is 12.6 Å². The lowest BCUT2D eigenvalue weighted by Crippen LogP contribution is -2.13. The van der Waals surface area contributed by atoms with Crippen LogP contribution < -0.4 is 15.8 Å². The number of aliphatic carboxylic acids is 1. The smallest absolute Gasteiger partial charge is 0.322 e. The molecule has 0 aromatic heterocycles. The van der Waals surface area contributed by atoms with Gasteiger partial charge >= 0.3 is 5.97 Å². The van der Waals surface area contributed by atoms with Crippen LogP contribution in [0.15, 0.2) is 18.2 Å². The molecule has 0 saturated heterocycles. The van der Waals surface area contributed by atoms with Crippen LogP contribution in [-0.4, -0.2) is 23.7 Å². The minimum Gasteiger partial charge on any atom is -0.491 e. The van der Waals surface area contributed by atoms with Gasteiger partial charge in [0.25, 0.3) is 0 Å². The second-order valence-electron chi connectivity index (χ2n) is 3.70. The molecule has 5 heteroatoms. The molecular weight excluding hydrogens is 208 g/mol. The quantitative estimate of drug-likeness (QED) is 0.661. The van der Waals surface area contributed by atoms with Crippen molar-refractivity contribution in [2.24, 2.45) is 0 Å². The van der Waals surface area contributed by atoms with Gasteiger partial charge in [-0.05, 0) is 19.9 Å². The third-order valence-corrected chi connectivity index (χ3v) is 1.74. The number of anilines is 2. The number of rotatable bonds is 5. The molecule has 88 valence electrons. The Morgan fingerprint density at radius 2 is 2.19 bits per heavy atom. The first-order valence-electron chi connectivity index (χ1n) is 5.00. The Morgan fingerprint density at radius 1 is 1.50 bits per heavy atom. The van der Waals surface area contributed by atoms with Gasteiger partial charge < -0.3 is 20.9 Å². The first kappa shape index (κ1) is 12.2. The Kier molecular flexibility index (Phi) is 3.99. The van der Waals surface area contributed by atoms with Crippen molar-refractivity contribution in [2.75, 3.05) is 17.6 Å². The van der Waals surface area contributed by atoms with Crippen molar-refractivity contribution in [2.45, 2.75) is 20.0 Å². The van der Waals surface area contributed by atoms with E-state index >= 15 is 0 Å². The molecule has 0 unspecified atom stereocenters. The SMILES string of the molecule is CC(C)Oc1cc(N)cc(NCC(=O)O)c1. The summed E-state index contributed by atoms with van der Waals surface area (Å²) < 4.78 is 5.48. The van der Waals surface area contributed by atoms with Gasteiger partial charge in [0, 0.05) is 23.5 Å². The fourth-order valence-corrected chi connectivity index (χ4v) is 1.24. The molecular formula is C11H16N2O3. The molecule has 0 fully saturated rings. The summed E-state index contributed by atoms with van der Waals surface area (Å²) in [5.41, 5.74) is 6.84. The molecule has 0 aliphatic heterocycles. The topological polar surface area (TPSA) is 84.6 Å². The van der Waals surface area contributed by atoms with Crippen molar-refractivity contribution in [3.63, 3.8) is 0 Å². The number of carboxylic acid groups (broad SMARTS) is 1. The maximum Gasteiger partial charge on any atom is 0.322 e. The molecule has 1 rings (SSSR count). The predicted octanol–water partition coefficient (Wildman–Crippen LogP) is 1.55. The molecule has 0 radical (unpaired) electrons. The Hall–Kier alpha value is -1.91. The molecule has 0 atom stereocenters. The Morgan fingerprint density at radius 3 is 2.75 bits per heavy atom. The number of benzene rings is 1. The van der Waals surface area contributed by atoms with E-state index in [1.165, 1.54) is 0 Å². The molecule has 0 aliphatic carbocycles. The molecule has 0 heterocycles. The third kappa shape index (κ3) is 4.08. The lowest BCUT2D eigenvalue weighted by molar-refractivity contribution is -0.134. The summed E-state index contributed by atoms with van der Waals surface area (Å²) >= 11 is 0. The van der Waals surface area contributed by atoms with Crippen LogP contribution in [0.1, 0.15) is 13.8 Å². The number of ether oxygens (including phenoxy) is 1. The highest BCUT2D eigenvalue weighted by Gasteiger charge is 2.03. The second-order valence-corrected chi connectivity index (χ2v) is 3.70. The maximum atomic E-state index is 10.4. The van der Waals surface area contributed by atoms with Gasteiger partial charge in [0.1, 0.15) is 12.3 Å². The Bertz CT molecular complexity index is 377. The van der Waals surface area contributed by atoms with E-state index in [1.54, 1.807) is 18.2 Å². The number of hydrogen-bond acceptors (Lipinski definition) is 4. The van der Waals surface area contributed by atoms with Crippen LogP contribution in [0.25, 0.3) is 0 Å². The summed E-state index contributed by atoms with van der Waals surface area (Å²) in [4.78, 5) is 10.4. The zero-order valence-electron chi connectivity index (χ0n) is 9.36. The molecule has 0 aliphatic rings. The van der Waals surface area contributed by atoms with Crippen LogP contribution in [0.2, 0.25) is 0 Å². The molecule has 5 nitrogen and oxygen atoms in total. The highest BCUT2D eigenvalue weighted by Crippen LogP contribution is 2.23. The van der Waals surface area contributed by atoms with E-state index in [9.17, 15) is 4.79 Å². The van der Waals surface area contributed by atoms with E-state index in [1.807, 2.05) is 13.8 Å². The summed E-state index contributed by atoms with van der Waals surface area (Å²) in [6.45, 7) is 3.67. The zero-order chi connectivity index (χ0) is 12.1. The van der Waals surface area contributed by atoms with Crippen molar-refractivity contribution in [1.29, 1.82) is 0 Å². The van der Waals surface area contributed by atoms with Crippen LogP contribution in [-0.2, 0) is 4.79 Å². The van der Waals surface area contributed by atoms with Crippen LogP contribution in [0.3, 0.4) is 0 Å². The highest BCUT2D eigenvalue weighted by atomic mass is 16.5. The lowest BCUT2D eigenvalue weighted by atomic mass is 10.2. The van der Waals surface area contributed by atoms with Gasteiger partial charge in [-0.2, -0.15) is 0 Å². The van der Waals surface area contributed by atoms with Gasteiger partial charge in [0.05, 0.1) is 6.10 Å². The Labute approximate surface area is 94.2 Å². The van der Waals surface area contributed by atoms with Gasteiger partial charge in [-0.3, -0.25) is 4.79 Å². The standard InChI is InChI=1S/C11H16N2O3/c1-7(2)16-10-4-8(12)3-9(5-10)13-6-11(14)15/h3-5,7,13H,6,12H2,1-2H3,(H,14,15). The second kappa shape index (κ2) is 5.25. The van der Waals surface area contributed by atoms with Crippen molar-refractivity contribution in [3.05, 3.63) is 18.2 Å². The molecule has 4 N–H and O–H groups in total. The van der Waals surface area contributed by atoms with E-state index in [0.29, 0.717) is 17.1 Å². The van der Waals surface area contributed by atoms with E-state index in [0.717, 1.165) is 0 Å². The van der Waals surface area contributed by atoms with E-state index in [4.69, 9.17) is 15.6 Å². The van der Waals surface area contributed by atoms with Crippen molar-refractivity contribution in [1.82, 2.24) is 0 Å². The highest BCUT2D eigenvalue weighted by molar-refractivity contribution is 5.73. The number of nitrogens with one attached hydrogen (secondary N) is 1. The average Bonchev–Trinajstić information content (AvgIpc) is 2.12. The lowest BCUT2D eigenvalue weighted by Gasteiger charge is -2.12. The fourth-order valence-electron chi connectivity index (χ4n) is 1.24. The first-order valence-corrected chi connectivity index (χ1v) is 5.00. The Balaban J connectivity index is 2.77.